The van der Waals surface area contributed by atoms with Gasteiger partial charge in [0.2, 0.25) is 0 Å². The van der Waals surface area contributed by atoms with Gasteiger partial charge in [-0.3, -0.25) is 0 Å². The molecule has 2 unspecified atom stereocenters. The minimum atomic E-state index is -0.226. The van der Waals surface area contributed by atoms with Gasteiger partial charge in [0, 0.05) is 17.5 Å². The highest BCUT2D eigenvalue weighted by Crippen LogP contribution is 2.23. The second-order valence-corrected chi connectivity index (χ2v) is 6.19. The van der Waals surface area contributed by atoms with E-state index in [2.05, 4.69) is 34.7 Å². The number of aromatic nitrogens is 1. The lowest BCUT2D eigenvalue weighted by atomic mass is 10.1. The van der Waals surface area contributed by atoms with Crippen molar-refractivity contribution in [2.24, 2.45) is 5.92 Å². The lowest BCUT2D eigenvalue weighted by Gasteiger charge is -2.13. The average Bonchev–Trinajstić information content (AvgIpc) is 2.88. The minimum absolute atomic E-state index is 0.226. The summed E-state index contributed by atoms with van der Waals surface area (Å²) < 4.78 is 0. The number of benzene rings is 1. The molecule has 1 aromatic carbocycles. The molecule has 1 heterocycles. The van der Waals surface area contributed by atoms with E-state index in [0.717, 1.165) is 30.2 Å². The molecule has 0 fully saturated rings. The van der Waals surface area contributed by atoms with Gasteiger partial charge in [0.25, 0.3) is 0 Å². The summed E-state index contributed by atoms with van der Waals surface area (Å²) in [6.07, 6.45) is 0.607. The molecule has 0 spiro atoms. The summed E-state index contributed by atoms with van der Waals surface area (Å²) in [6.45, 7) is 5.68. The van der Waals surface area contributed by atoms with Gasteiger partial charge in [-0.15, -0.1) is 11.3 Å². The first-order chi connectivity index (χ1) is 9.65. The van der Waals surface area contributed by atoms with Crippen LogP contribution in [0, 0.1) is 5.92 Å². The smallest absolute Gasteiger partial charge is 0.123 e. The molecule has 4 heteroatoms. The predicted molar refractivity (Wildman–Crippen MR) is 84.7 cm³/mol. The Morgan fingerprint density at radius 3 is 2.70 bits per heavy atom. The summed E-state index contributed by atoms with van der Waals surface area (Å²) in [5.41, 5.74) is 2.25. The summed E-state index contributed by atoms with van der Waals surface area (Å²) in [5.74, 6) is 0.474. The van der Waals surface area contributed by atoms with E-state index in [4.69, 9.17) is 0 Å². The normalized spacial score (nSPS) is 14.2. The molecule has 0 amide bonds. The summed E-state index contributed by atoms with van der Waals surface area (Å²) in [4.78, 5) is 4.64. The SMILES string of the molecule is CC(O)CC(C)CNCc1csc(-c2ccccc2)n1. The van der Waals surface area contributed by atoms with E-state index < -0.39 is 0 Å². The van der Waals surface area contributed by atoms with E-state index in [1.165, 1.54) is 5.56 Å². The number of nitrogens with one attached hydrogen (secondary N) is 1. The molecule has 1 aromatic heterocycles. The van der Waals surface area contributed by atoms with Crippen LogP contribution in [-0.2, 0) is 6.54 Å². The fraction of sp³-hybridized carbons (Fsp3) is 0.438. The number of nitrogens with zero attached hydrogens (tertiary/aromatic N) is 1. The third kappa shape index (κ3) is 4.71. The summed E-state index contributed by atoms with van der Waals surface area (Å²) >= 11 is 1.68. The number of aliphatic hydroxyl groups excluding tert-OH is 1. The van der Waals surface area contributed by atoms with Crippen molar-refractivity contribution in [3.8, 4) is 10.6 Å². The lowest BCUT2D eigenvalue weighted by Crippen LogP contribution is -2.23. The van der Waals surface area contributed by atoms with Crippen LogP contribution in [-0.4, -0.2) is 22.7 Å². The van der Waals surface area contributed by atoms with Crippen LogP contribution < -0.4 is 5.32 Å². The Bertz CT molecular complexity index is 510. The number of thiazole rings is 1. The maximum atomic E-state index is 9.33. The van der Waals surface area contributed by atoms with Crippen LogP contribution in [0.1, 0.15) is 26.0 Å². The Morgan fingerprint density at radius 1 is 1.25 bits per heavy atom. The number of hydrogen-bond donors (Lipinski definition) is 2. The van der Waals surface area contributed by atoms with Gasteiger partial charge in [0.1, 0.15) is 5.01 Å². The molecule has 2 N–H and O–H groups in total. The van der Waals surface area contributed by atoms with Crippen molar-refractivity contribution in [2.75, 3.05) is 6.54 Å². The minimum Gasteiger partial charge on any atom is -0.393 e. The number of hydrogen-bond acceptors (Lipinski definition) is 4. The maximum absolute atomic E-state index is 9.33. The monoisotopic (exact) mass is 290 g/mol. The van der Waals surface area contributed by atoms with Crippen LogP contribution in [0.2, 0.25) is 0 Å². The molecule has 3 nitrogen and oxygen atoms in total. The average molecular weight is 290 g/mol. The molecule has 0 aliphatic rings. The highest BCUT2D eigenvalue weighted by molar-refractivity contribution is 7.13. The molecule has 0 saturated heterocycles. The van der Waals surface area contributed by atoms with Crippen molar-refractivity contribution >= 4 is 11.3 Å². The van der Waals surface area contributed by atoms with E-state index in [1.807, 2.05) is 25.1 Å². The van der Waals surface area contributed by atoms with Crippen molar-refractivity contribution in [3.63, 3.8) is 0 Å². The number of rotatable bonds is 7. The lowest BCUT2D eigenvalue weighted by molar-refractivity contribution is 0.163. The van der Waals surface area contributed by atoms with Crippen molar-refractivity contribution in [3.05, 3.63) is 41.4 Å². The van der Waals surface area contributed by atoms with E-state index in [0.29, 0.717) is 5.92 Å². The molecule has 0 radical (unpaired) electrons. The largest absolute Gasteiger partial charge is 0.393 e. The molecule has 108 valence electrons. The highest BCUT2D eigenvalue weighted by Gasteiger charge is 2.07. The van der Waals surface area contributed by atoms with Crippen LogP contribution in [0.4, 0.5) is 0 Å². The van der Waals surface area contributed by atoms with Crippen LogP contribution in [0.15, 0.2) is 35.7 Å². The molecule has 0 saturated carbocycles. The quantitative estimate of drug-likeness (QED) is 0.822. The second-order valence-electron chi connectivity index (χ2n) is 5.33. The molecule has 0 aliphatic carbocycles. The first-order valence-corrected chi connectivity index (χ1v) is 7.91. The Kier molecular flexibility index (Phi) is 5.71. The molecule has 0 aliphatic heterocycles. The predicted octanol–water partition coefficient (Wildman–Crippen LogP) is 3.31. The molecule has 2 aromatic rings. The molecule has 0 bridgehead atoms. The Morgan fingerprint density at radius 2 is 2.00 bits per heavy atom. The fourth-order valence-corrected chi connectivity index (χ4v) is 3.04. The third-order valence-electron chi connectivity index (χ3n) is 3.11. The zero-order valence-electron chi connectivity index (χ0n) is 12.0. The van der Waals surface area contributed by atoms with Gasteiger partial charge < -0.3 is 10.4 Å². The maximum Gasteiger partial charge on any atom is 0.123 e. The molecule has 2 atom stereocenters. The molecule has 2 rings (SSSR count). The van der Waals surface area contributed by atoms with Gasteiger partial charge >= 0.3 is 0 Å². The van der Waals surface area contributed by atoms with Crippen LogP contribution in [0.3, 0.4) is 0 Å². The third-order valence-corrected chi connectivity index (χ3v) is 4.06. The van der Waals surface area contributed by atoms with Crippen LogP contribution >= 0.6 is 11.3 Å². The van der Waals surface area contributed by atoms with E-state index in [-0.39, 0.29) is 6.10 Å². The zero-order chi connectivity index (χ0) is 14.4. The van der Waals surface area contributed by atoms with Crippen LogP contribution in [0.25, 0.3) is 10.6 Å². The summed E-state index contributed by atoms with van der Waals surface area (Å²) in [7, 11) is 0. The van der Waals surface area contributed by atoms with Crippen molar-refractivity contribution in [1.29, 1.82) is 0 Å². The summed E-state index contributed by atoms with van der Waals surface area (Å²) in [5, 5.41) is 15.9. The highest BCUT2D eigenvalue weighted by atomic mass is 32.1. The molecule has 20 heavy (non-hydrogen) atoms. The van der Waals surface area contributed by atoms with Crippen molar-refractivity contribution in [1.82, 2.24) is 10.3 Å². The van der Waals surface area contributed by atoms with Gasteiger partial charge in [-0.1, -0.05) is 37.3 Å². The first-order valence-electron chi connectivity index (χ1n) is 7.03. The van der Waals surface area contributed by atoms with Gasteiger partial charge in [0.05, 0.1) is 11.8 Å². The van der Waals surface area contributed by atoms with E-state index in [1.54, 1.807) is 11.3 Å². The molecular formula is C16H22N2OS. The Labute approximate surface area is 124 Å². The zero-order valence-corrected chi connectivity index (χ0v) is 12.9. The van der Waals surface area contributed by atoms with Gasteiger partial charge in [-0.25, -0.2) is 4.98 Å². The Balaban J connectivity index is 1.82. The van der Waals surface area contributed by atoms with Gasteiger partial charge in [-0.05, 0) is 25.8 Å². The second kappa shape index (κ2) is 7.53. The number of aliphatic hydroxyl groups is 1. The van der Waals surface area contributed by atoms with Crippen LogP contribution in [0.5, 0.6) is 0 Å². The standard InChI is InChI=1S/C16H22N2OS/c1-12(8-13(2)19)9-17-10-15-11-20-16(18-15)14-6-4-3-5-7-14/h3-7,11-13,17,19H,8-10H2,1-2H3. The first kappa shape index (κ1) is 15.2. The van der Waals surface area contributed by atoms with Crippen molar-refractivity contribution in [2.45, 2.75) is 32.9 Å². The Hall–Kier alpha value is -1.23. The summed E-state index contributed by atoms with van der Waals surface area (Å²) in [6, 6.07) is 10.3. The fourth-order valence-electron chi connectivity index (χ4n) is 2.21. The van der Waals surface area contributed by atoms with Crippen molar-refractivity contribution < 1.29 is 5.11 Å². The topological polar surface area (TPSA) is 45.1 Å². The van der Waals surface area contributed by atoms with E-state index >= 15 is 0 Å². The van der Waals surface area contributed by atoms with E-state index in [9.17, 15) is 5.11 Å². The van der Waals surface area contributed by atoms with Gasteiger partial charge in [0.15, 0.2) is 0 Å². The van der Waals surface area contributed by atoms with Gasteiger partial charge in [-0.2, -0.15) is 0 Å². The molecular weight excluding hydrogens is 268 g/mol.